The van der Waals surface area contributed by atoms with E-state index in [1.807, 2.05) is 26.0 Å². The first-order valence-corrected chi connectivity index (χ1v) is 10.1. The van der Waals surface area contributed by atoms with Gasteiger partial charge in [-0.3, -0.25) is 0 Å². The van der Waals surface area contributed by atoms with Gasteiger partial charge in [-0.15, -0.1) is 10.2 Å². The zero-order valence-electron chi connectivity index (χ0n) is 16.9. The van der Waals surface area contributed by atoms with E-state index >= 15 is 0 Å². The van der Waals surface area contributed by atoms with E-state index in [1.165, 1.54) is 13.0 Å². The SMILES string of the molecule is CCN1CCCC(Nc2nnc(-c3c(C)cc(C)cc3O)c3ccccc23)C1. The average molecular weight is 377 g/mol. The number of piperidine rings is 1. The molecule has 2 N–H and O–H groups in total. The van der Waals surface area contributed by atoms with Crippen LogP contribution in [0, 0.1) is 13.8 Å². The summed E-state index contributed by atoms with van der Waals surface area (Å²) in [6.07, 6.45) is 2.34. The minimum Gasteiger partial charge on any atom is -0.507 e. The summed E-state index contributed by atoms with van der Waals surface area (Å²) < 4.78 is 0. The summed E-state index contributed by atoms with van der Waals surface area (Å²) in [5, 5.41) is 25.3. The third kappa shape index (κ3) is 3.54. The number of nitrogens with one attached hydrogen (secondary N) is 1. The monoisotopic (exact) mass is 376 g/mol. The van der Waals surface area contributed by atoms with Crippen molar-refractivity contribution in [1.82, 2.24) is 15.1 Å². The number of hydrogen-bond acceptors (Lipinski definition) is 5. The van der Waals surface area contributed by atoms with Gasteiger partial charge in [0.2, 0.25) is 0 Å². The third-order valence-electron chi connectivity index (χ3n) is 5.68. The zero-order chi connectivity index (χ0) is 19.7. The molecule has 3 aromatic rings. The van der Waals surface area contributed by atoms with Crippen LogP contribution < -0.4 is 5.32 Å². The van der Waals surface area contributed by atoms with Crippen LogP contribution in [-0.4, -0.2) is 45.9 Å². The quantitative estimate of drug-likeness (QED) is 0.701. The minimum absolute atomic E-state index is 0.253. The van der Waals surface area contributed by atoms with Gasteiger partial charge in [-0.05, 0) is 57.0 Å². The van der Waals surface area contributed by atoms with Crippen molar-refractivity contribution < 1.29 is 5.11 Å². The molecule has 0 aliphatic carbocycles. The third-order valence-corrected chi connectivity index (χ3v) is 5.68. The molecular formula is C23H28N4O. The smallest absolute Gasteiger partial charge is 0.156 e. The van der Waals surface area contributed by atoms with E-state index in [0.717, 1.165) is 58.5 Å². The number of benzene rings is 2. The predicted octanol–water partition coefficient (Wildman–Crippen LogP) is 4.52. The van der Waals surface area contributed by atoms with E-state index in [9.17, 15) is 5.11 Å². The molecule has 0 radical (unpaired) electrons. The average Bonchev–Trinajstić information content (AvgIpc) is 2.69. The summed E-state index contributed by atoms with van der Waals surface area (Å²) in [6.45, 7) is 9.49. The highest BCUT2D eigenvalue weighted by Crippen LogP contribution is 2.37. The van der Waals surface area contributed by atoms with Crippen LogP contribution in [0.25, 0.3) is 22.0 Å². The molecule has 5 heteroatoms. The molecule has 1 aromatic heterocycles. The molecule has 1 aliphatic rings. The lowest BCUT2D eigenvalue weighted by atomic mass is 9.97. The van der Waals surface area contributed by atoms with Crippen molar-refractivity contribution in [2.45, 2.75) is 39.7 Å². The highest BCUT2D eigenvalue weighted by Gasteiger charge is 2.21. The van der Waals surface area contributed by atoms with Gasteiger partial charge >= 0.3 is 0 Å². The molecule has 2 aromatic carbocycles. The summed E-state index contributed by atoms with van der Waals surface area (Å²) in [5.41, 5.74) is 3.53. The van der Waals surface area contributed by atoms with Gasteiger partial charge in [-0.1, -0.05) is 37.3 Å². The molecule has 1 saturated heterocycles. The van der Waals surface area contributed by atoms with Crippen LogP contribution in [-0.2, 0) is 0 Å². The van der Waals surface area contributed by atoms with E-state index < -0.39 is 0 Å². The number of aromatic hydroxyl groups is 1. The second kappa shape index (κ2) is 7.76. The number of likely N-dealkylation sites (N-methyl/N-ethyl adjacent to an activating group) is 1. The Balaban J connectivity index is 1.76. The van der Waals surface area contributed by atoms with Gasteiger partial charge in [0.05, 0.1) is 0 Å². The van der Waals surface area contributed by atoms with Crippen LogP contribution in [0.15, 0.2) is 36.4 Å². The van der Waals surface area contributed by atoms with Crippen molar-refractivity contribution in [2.24, 2.45) is 0 Å². The molecule has 5 nitrogen and oxygen atoms in total. The van der Waals surface area contributed by atoms with Crippen molar-refractivity contribution in [1.29, 1.82) is 0 Å². The van der Waals surface area contributed by atoms with Crippen molar-refractivity contribution in [3.05, 3.63) is 47.5 Å². The molecule has 1 unspecified atom stereocenters. The van der Waals surface area contributed by atoms with Crippen LogP contribution in [0.1, 0.15) is 30.9 Å². The molecule has 146 valence electrons. The highest BCUT2D eigenvalue weighted by molar-refractivity contribution is 6.01. The molecule has 28 heavy (non-hydrogen) atoms. The number of anilines is 1. The van der Waals surface area contributed by atoms with Crippen LogP contribution in [0.4, 0.5) is 5.82 Å². The van der Waals surface area contributed by atoms with Crippen LogP contribution in [0.3, 0.4) is 0 Å². The molecule has 0 spiro atoms. The van der Waals surface area contributed by atoms with Crippen molar-refractivity contribution in [2.75, 3.05) is 25.0 Å². The number of rotatable bonds is 4. The maximum Gasteiger partial charge on any atom is 0.156 e. The van der Waals surface area contributed by atoms with E-state index in [-0.39, 0.29) is 5.75 Å². The lowest BCUT2D eigenvalue weighted by Crippen LogP contribution is -2.42. The summed E-state index contributed by atoms with van der Waals surface area (Å²) in [6, 6.07) is 12.4. The second-order valence-corrected chi connectivity index (χ2v) is 7.80. The topological polar surface area (TPSA) is 61.3 Å². The molecule has 4 rings (SSSR count). The van der Waals surface area contributed by atoms with Gasteiger partial charge in [-0.2, -0.15) is 0 Å². The second-order valence-electron chi connectivity index (χ2n) is 7.80. The number of hydrogen-bond donors (Lipinski definition) is 2. The molecule has 0 bridgehead atoms. The first-order valence-electron chi connectivity index (χ1n) is 10.1. The van der Waals surface area contributed by atoms with E-state index in [1.54, 1.807) is 6.07 Å². The predicted molar refractivity (Wildman–Crippen MR) is 115 cm³/mol. The number of phenolic OH excluding ortho intramolecular Hbond substituents is 1. The van der Waals surface area contributed by atoms with Gasteiger partial charge in [0.1, 0.15) is 11.4 Å². The number of aromatic nitrogens is 2. The molecule has 1 atom stereocenters. The Morgan fingerprint density at radius 3 is 2.68 bits per heavy atom. The zero-order valence-corrected chi connectivity index (χ0v) is 16.9. The Morgan fingerprint density at radius 2 is 1.93 bits per heavy atom. The number of nitrogens with zero attached hydrogens (tertiary/aromatic N) is 3. The Hall–Kier alpha value is -2.66. The lowest BCUT2D eigenvalue weighted by molar-refractivity contribution is 0.226. The Kier molecular flexibility index (Phi) is 5.18. The summed E-state index contributed by atoms with van der Waals surface area (Å²) in [7, 11) is 0. The lowest BCUT2D eigenvalue weighted by Gasteiger charge is -2.32. The van der Waals surface area contributed by atoms with Crippen LogP contribution >= 0.6 is 0 Å². The first kappa shape index (κ1) is 18.7. The maximum atomic E-state index is 10.6. The van der Waals surface area contributed by atoms with Gasteiger partial charge in [0.25, 0.3) is 0 Å². The Morgan fingerprint density at radius 1 is 1.14 bits per heavy atom. The molecule has 1 aliphatic heterocycles. The van der Waals surface area contributed by atoms with Crippen LogP contribution in [0.2, 0.25) is 0 Å². The van der Waals surface area contributed by atoms with Gasteiger partial charge in [-0.25, -0.2) is 0 Å². The summed E-state index contributed by atoms with van der Waals surface area (Å²) in [5.74, 6) is 1.08. The van der Waals surface area contributed by atoms with Crippen molar-refractivity contribution >= 4 is 16.6 Å². The Bertz CT molecular complexity index is 978. The normalized spacial score (nSPS) is 17.8. The standard InChI is InChI=1S/C23H28N4O/c1-4-27-11-7-8-17(14-27)24-23-19-10-6-5-9-18(19)22(25-26-23)21-16(3)12-15(2)13-20(21)28/h5-6,9-10,12-13,17,28H,4,7-8,11,14H2,1-3H3,(H,24,26). The molecule has 0 saturated carbocycles. The maximum absolute atomic E-state index is 10.6. The summed E-state index contributed by atoms with van der Waals surface area (Å²) in [4.78, 5) is 2.47. The molecule has 0 amide bonds. The highest BCUT2D eigenvalue weighted by atomic mass is 16.3. The first-order chi connectivity index (χ1) is 13.6. The molecule has 2 heterocycles. The number of phenols is 1. The van der Waals surface area contributed by atoms with E-state index in [4.69, 9.17) is 0 Å². The molecule has 1 fully saturated rings. The van der Waals surface area contributed by atoms with Gasteiger partial charge in [0, 0.05) is 28.9 Å². The van der Waals surface area contributed by atoms with Crippen molar-refractivity contribution in [3.63, 3.8) is 0 Å². The number of aryl methyl sites for hydroxylation is 2. The molecular weight excluding hydrogens is 348 g/mol. The summed E-state index contributed by atoms with van der Waals surface area (Å²) >= 11 is 0. The Labute approximate surface area is 166 Å². The van der Waals surface area contributed by atoms with E-state index in [0.29, 0.717) is 6.04 Å². The number of fused-ring (bicyclic) bond motifs is 1. The fourth-order valence-electron chi connectivity index (χ4n) is 4.30. The van der Waals surface area contributed by atoms with Gasteiger partial charge in [0.15, 0.2) is 5.82 Å². The van der Waals surface area contributed by atoms with Gasteiger partial charge < -0.3 is 15.3 Å². The fourth-order valence-corrected chi connectivity index (χ4v) is 4.30. The van der Waals surface area contributed by atoms with Crippen LogP contribution in [0.5, 0.6) is 5.75 Å². The fraction of sp³-hybridized carbons (Fsp3) is 0.391. The van der Waals surface area contributed by atoms with Crippen molar-refractivity contribution in [3.8, 4) is 17.0 Å². The number of likely N-dealkylation sites (tertiary alicyclic amines) is 1. The van der Waals surface area contributed by atoms with E-state index in [2.05, 4.69) is 45.5 Å². The minimum atomic E-state index is 0.253. The largest absolute Gasteiger partial charge is 0.507 e.